The van der Waals surface area contributed by atoms with E-state index in [0.29, 0.717) is 12.6 Å². The number of nitrogens with zero attached hydrogens (tertiary/aromatic N) is 2. The first-order chi connectivity index (χ1) is 11.1. The number of nitrogens with one attached hydrogen (secondary N) is 2. The molecular formula is C17H28N4O2. The maximum atomic E-state index is 12.1. The number of rotatable bonds is 7. The van der Waals surface area contributed by atoms with Gasteiger partial charge in [0.15, 0.2) is 0 Å². The van der Waals surface area contributed by atoms with Crippen molar-refractivity contribution in [2.75, 3.05) is 13.2 Å². The van der Waals surface area contributed by atoms with Crippen molar-refractivity contribution in [3.63, 3.8) is 0 Å². The average molecular weight is 320 g/mol. The van der Waals surface area contributed by atoms with Crippen LogP contribution in [0.5, 0.6) is 0 Å². The number of aromatic nitrogens is 2. The molecule has 2 aliphatic carbocycles. The normalized spacial score (nSPS) is 24.8. The van der Waals surface area contributed by atoms with Crippen LogP contribution in [0.15, 0.2) is 12.4 Å². The number of aryl methyl sites for hydroxylation is 2. The lowest BCUT2D eigenvalue weighted by molar-refractivity contribution is -0.169. The second-order valence-electron chi connectivity index (χ2n) is 6.85. The van der Waals surface area contributed by atoms with Crippen LogP contribution >= 0.6 is 0 Å². The molecule has 1 spiro atoms. The fraction of sp³-hybridized carbons (Fsp3) is 0.765. The van der Waals surface area contributed by atoms with Crippen LogP contribution in [0.4, 0.5) is 4.79 Å². The molecule has 3 rings (SSSR count). The Morgan fingerprint density at radius 1 is 1.52 bits per heavy atom. The Kier molecular flexibility index (Phi) is 4.90. The highest BCUT2D eigenvalue weighted by molar-refractivity contribution is 5.74. The molecule has 2 saturated carbocycles. The summed E-state index contributed by atoms with van der Waals surface area (Å²) in [7, 11) is 0. The predicted octanol–water partition coefficient (Wildman–Crippen LogP) is 2.23. The minimum Gasteiger partial charge on any atom is -0.378 e. The van der Waals surface area contributed by atoms with Crippen LogP contribution in [-0.2, 0) is 11.3 Å². The first-order valence-corrected chi connectivity index (χ1v) is 8.79. The number of hydrogen-bond acceptors (Lipinski definition) is 3. The molecule has 6 heteroatoms. The third kappa shape index (κ3) is 3.37. The van der Waals surface area contributed by atoms with E-state index in [0.717, 1.165) is 31.6 Å². The van der Waals surface area contributed by atoms with E-state index in [2.05, 4.69) is 15.7 Å². The van der Waals surface area contributed by atoms with Gasteiger partial charge in [-0.3, -0.25) is 4.68 Å². The summed E-state index contributed by atoms with van der Waals surface area (Å²) in [5.41, 5.74) is 1.38. The van der Waals surface area contributed by atoms with Crippen molar-refractivity contribution in [3.05, 3.63) is 18.0 Å². The van der Waals surface area contributed by atoms with Gasteiger partial charge in [-0.2, -0.15) is 5.10 Å². The molecule has 2 atom stereocenters. The largest absolute Gasteiger partial charge is 0.378 e. The van der Waals surface area contributed by atoms with E-state index in [1.54, 1.807) is 0 Å². The molecule has 0 saturated heterocycles. The Morgan fingerprint density at radius 2 is 2.35 bits per heavy atom. The lowest BCUT2D eigenvalue weighted by Gasteiger charge is -2.60. The van der Waals surface area contributed by atoms with Crippen molar-refractivity contribution in [1.82, 2.24) is 20.4 Å². The average Bonchev–Trinajstić information content (AvgIpc) is 2.86. The van der Waals surface area contributed by atoms with Crippen molar-refractivity contribution >= 4 is 6.03 Å². The third-order valence-electron chi connectivity index (χ3n) is 5.35. The van der Waals surface area contributed by atoms with Crippen LogP contribution in [0, 0.1) is 12.3 Å². The van der Waals surface area contributed by atoms with Crippen LogP contribution in [0.2, 0.25) is 0 Å². The predicted molar refractivity (Wildman–Crippen MR) is 88.2 cm³/mol. The lowest BCUT2D eigenvalue weighted by Crippen LogP contribution is -2.68. The molecule has 23 heavy (non-hydrogen) atoms. The van der Waals surface area contributed by atoms with Gasteiger partial charge in [0.1, 0.15) is 0 Å². The number of ether oxygens (including phenoxy) is 1. The molecule has 1 heterocycles. The van der Waals surface area contributed by atoms with E-state index in [-0.39, 0.29) is 17.5 Å². The number of urea groups is 1. The molecule has 2 fully saturated rings. The smallest absolute Gasteiger partial charge is 0.315 e. The summed E-state index contributed by atoms with van der Waals surface area (Å²) < 4.78 is 7.73. The van der Waals surface area contributed by atoms with Gasteiger partial charge in [-0.25, -0.2) is 4.79 Å². The molecule has 0 aromatic carbocycles. The van der Waals surface area contributed by atoms with E-state index in [9.17, 15) is 4.79 Å². The summed E-state index contributed by atoms with van der Waals surface area (Å²) in [5.74, 6) is 0. The number of amides is 2. The highest BCUT2D eigenvalue weighted by atomic mass is 16.5. The molecule has 6 nitrogen and oxygen atoms in total. The minimum absolute atomic E-state index is 0.0483. The van der Waals surface area contributed by atoms with Crippen LogP contribution in [0.1, 0.15) is 44.6 Å². The molecule has 0 aliphatic heterocycles. The van der Waals surface area contributed by atoms with Gasteiger partial charge in [-0.05, 0) is 45.1 Å². The summed E-state index contributed by atoms with van der Waals surface area (Å²) in [6.45, 7) is 6.33. The van der Waals surface area contributed by atoms with Crippen molar-refractivity contribution in [1.29, 1.82) is 0 Å². The first-order valence-electron chi connectivity index (χ1n) is 8.79. The van der Waals surface area contributed by atoms with Gasteiger partial charge >= 0.3 is 6.03 Å². The molecule has 2 amide bonds. The summed E-state index contributed by atoms with van der Waals surface area (Å²) >= 11 is 0. The molecule has 1 aromatic heterocycles. The quantitative estimate of drug-likeness (QED) is 0.757. The van der Waals surface area contributed by atoms with Crippen molar-refractivity contribution in [2.45, 2.75) is 64.6 Å². The summed E-state index contributed by atoms with van der Waals surface area (Å²) in [4.78, 5) is 12.1. The van der Waals surface area contributed by atoms with Crippen molar-refractivity contribution in [3.8, 4) is 0 Å². The fourth-order valence-electron chi connectivity index (χ4n) is 3.88. The first kappa shape index (κ1) is 16.3. The van der Waals surface area contributed by atoms with Crippen LogP contribution in [0.25, 0.3) is 0 Å². The SMILES string of the molecule is CCO[C@@H]1C[C@H](NC(=O)NCCCn2cc(C)cn2)C12CCC2. The Bertz CT molecular complexity index is 538. The van der Waals surface area contributed by atoms with E-state index >= 15 is 0 Å². The molecule has 128 valence electrons. The van der Waals surface area contributed by atoms with Gasteiger partial charge in [0.25, 0.3) is 0 Å². The maximum absolute atomic E-state index is 12.1. The third-order valence-corrected chi connectivity index (χ3v) is 5.35. The number of carbonyl (C=O) groups is 1. The highest BCUT2D eigenvalue weighted by Crippen LogP contribution is 2.57. The summed E-state index contributed by atoms with van der Waals surface area (Å²) in [6.07, 6.45) is 9.66. The van der Waals surface area contributed by atoms with Crippen LogP contribution in [0.3, 0.4) is 0 Å². The molecule has 0 radical (unpaired) electrons. The monoisotopic (exact) mass is 320 g/mol. The Hall–Kier alpha value is -1.56. The minimum atomic E-state index is -0.0483. The second-order valence-corrected chi connectivity index (χ2v) is 6.85. The molecule has 0 unspecified atom stereocenters. The maximum Gasteiger partial charge on any atom is 0.315 e. The molecule has 1 aromatic rings. The number of carbonyl (C=O) groups excluding carboxylic acids is 1. The summed E-state index contributed by atoms with van der Waals surface area (Å²) in [5, 5.41) is 10.3. The van der Waals surface area contributed by atoms with Gasteiger partial charge in [0, 0.05) is 37.4 Å². The lowest BCUT2D eigenvalue weighted by atomic mass is 9.51. The molecule has 2 N–H and O–H groups in total. The fourth-order valence-corrected chi connectivity index (χ4v) is 3.88. The van der Waals surface area contributed by atoms with Gasteiger partial charge in [-0.15, -0.1) is 0 Å². The summed E-state index contributed by atoms with van der Waals surface area (Å²) in [6, 6.07) is 0.231. The number of hydrogen-bond donors (Lipinski definition) is 2. The topological polar surface area (TPSA) is 68.2 Å². The zero-order chi connectivity index (χ0) is 16.3. The standard InChI is InChI=1S/C17H28N4O2/c1-3-23-15-10-14(17(15)6-4-7-17)20-16(22)18-8-5-9-21-12-13(2)11-19-21/h11-12,14-15H,3-10H2,1-2H3,(H2,18,20,22)/t14-,15+/m0/s1. The molecular weight excluding hydrogens is 292 g/mol. The highest BCUT2D eigenvalue weighted by Gasteiger charge is 2.59. The molecule has 2 aliphatic rings. The van der Waals surface area contributed by atoms with E-state index in [1.165, 1.54) is 19.3 Å². The van der Waals surface area contributed by atoms with Gasteiger partial charge in [0.05, 0.1) is 12.3 Å². The Labute approximate surface area is 138 Å². The van der Waals surface area contributed by atoms with Crippen LogP contribution in [-0.4, -0.2) is 41.1 Å². The van der Waals surface area contributed by atoms with E-state index in [4.69, 9.17) is 4.74 Å². The van der Waals surface area contributed by atoms with Crippen molar-refractivity contribution < 1.29 is 9.53 Å². The zero-order valence-corrected chi connectivity index (χ0v) is 14.2. The van der Waals surface area contributed by atoms with Crippen molar-refractivity contribution in [2.24, 2.45) is 5.41 Å². The Morgan fingerprint density at radius 3 is 2.96 bits per heavy atom. The Balaban J connectivity index is 1.35. The van der Waals surface area contributed by atoms with Gasteiger partial charge in [-0.1, -0.05) is 6.42 Å². The van der Waals surface area contributed by atoms with Gasteiger partial charge in [0.2, 0.25) is 0 Å². The molecule has 0 bridgehead atoms. The van der Waals surface area contributed by atoms with E-state index in [1.807, 2.05) is 30.9 Å². The van der Waals surface area contributed by atoms with E-state index < -0.39 is 0 Å². The van der Waals surface area contributed by atoms with Crippen LogP contribution < -0.4 is 10.6 Å². The second kappa shape index (κ2) is 6.91. The zero-order valence-electron chi connectivity index (χ0n) is 14.2. The van der Waals surface area contributed by atoms with Gasteiger partial charge < -0.3 is 15.4 Å².